The van der Waals surface area contributed by atoms with Crippen molar-refractivity contribution in [1.82, 2.24) is 20.7 Å². The van der Waals surface area contributed by atoms with Gasteiger partial charge in [0.05, 0.1) is 0 Å². The predicted octanol–water partition coefficient (Wildman–Crippen LogP) is 1.93. The second-order valence-electron chi connectivity index (χ2n) is 7.73. The van der Waals surface area contributed by atoms with Crippen LogP contribution in [-0.2, 0) is 16.1 Å². The number of fused-ring (bicyclic) bond motifs is 3. The molecule has 7 heteroatoms. The number of carbonyl (C=O) groups excluding carboxylic acids is 2. The summed E-state index contributed by atoms with van der Waals surface area (Å²) in [6.45, 7) is 4.12. The molecule has 6 nitrogen and oxygen atoms in total. The highest BCUT2D eigenvalue weighted by molar-refractivity contribution is 6.30. The van der Waals surface area contributed by atoms with Gasteiger partial charge >= 0.3 is 0 Å². The van der Waals surface area contributed by atoms with Gasteiger partial charge in [0.15, 0.2) is 0 Å². The third-order valence-electron chi connectivity index (χ3n) is 6.25. The van der Waals surface area contributed by atoms with Crippen LogP contribution in [0, 0.1) is 5.92 Å². The topological polar surface area (TPSA) is 64.7 Å². The van der Waals surface area contributed by atoms with E-state index in [0.717, 1.165) is 37.8 Å². The molecule has 3 fully saturated rings. The van der Waals surface area contributed by atoms with Crippen molar-refractivity contribution in [3.05, 3.63) is 34.9 Å². The van der Waals surface area contributed by atoms with Crippen molar-refractivity contribution in [1.29, 1.82) is 0 Å². The van der Waals surface area contributed by atoms with Crippen LogP contribution in [0.25, 0.3) is 0 Å². The van der Waals surface area contributed by atoms with E-state index in [-0.39, 0.29) is 29.8 Å². The highest BCUT2D eigenvalue weighted by Crippen LogP contribution is 2.37. The van der Waals surface area contributed by atoms with Gasteiger partial charge in [-0.1, -0.05) is 23.7 Å². The fourth-order valence-electron chi connectivity index (χ4n) is 4.88. The molecule has 1 aliphatic carbocycles. The van der Waals surface area contributed by atoms with Gasteiger partial charge in [-0.2, -0.15) is 0 Å². The van der Waals surface area contributed by atoms with Crippen molar-refractivity contribution in [3.8, 4) is 0 Å². The normalized spacial score (nSPS) is 30.7. The Labute approximate surface area is 165 Å². The van der Waals surface area contributed by atoms with E-state index in [2.05, 4.69) is 15.8 Å². The van der Waals surface area contributed by atoms with Crippen LogP contribution in [0.1, 0.15) is 38.2 Å². The number of rotatable bonds is 4. The number of likely N-dealkylation sites (N-methyl/N-ethyl adjacent to an activating group) is 1. The molecule has 2 N–H and O–H groups in total. The van der Waals surface area contributed by atoms with Crippen LogP contribution in [0.15, 0.2) is 24.3 Å². The maximum atomic E-state index is 12.8. The smallest absolute Gasteiger partial charge is 0.241 e. The average Bonchev–Trinajstić information content (AvgIpc) is 3.18. The summed E-state index contributed by atoms with van der Waals surface area (Å²) in [5, 5.41) is 5.93. The molecule has 2 saturated heterocycles. The quantitative estimate of drug-likeness (QED) is 0.824. The Hall–Kier alpha value is -1.63. The number of nitrogens with zero attached hydrogens (tertiary/aromatic N) is 2. The minimum atomic E-state index is -0.0421. The molecule has 1 aromatic rings. The number of benzene rings is 1. The third-order valence-corrected chi connectivity index (χ3v) is 6.50. The van der Waals surface area contributed by atoms with Gasteiger partial charge < -0.3 is 10.2 Å². The minimum absolute atomic E-state index is 0.0264. The summed E-state index contributed by atoms with van der Waals surface area (Å²) in [6, 6.07) is 7.93. The first kappa shape index (κ1) is 18.7. The summed E-state index contributed by atoms with van der Waals surface area (Å²) in [6.07, 6.45) is 3.42. The molecule has 2 aliphatic heterocycles. The molecule has 0 spiro atoms. The Morgan fingerprint density at radius 2 is 2.00 bits per heavy atom. The fourth-order valence-corrected chi connectivity index (χ4v) is 5.01. The van der Waals surface area contributed by atoms with Gasteiger partial charge in [-0.05, 0) is 50.3 Å². The van der Waals surface area contributed by atoms with E-state index in [1.54, 1.807) is 0 Å². The zero-order chi connectivity index (χ0) is 19.0. The van der Waals surface area contributed by atoms with Crippen LogP contribution in [0.3, 0.4) is 0 Å². The van der Waals surface area contributed by atoms with Crippen LogP contribution in [0.2, 0.25) is 5.02 Å². The average molecular weight is 391 g/mol. The summed E-state index contributed by atoms with van der Waals surface area (Å²) < 4.78 is 0. The molecule has 146 valence electrons. The highest BCUT2D eigenvalue weighted by atomic mass is 35.5. The SMILES string of the molecule is CCN1C(=O)C2CCNN2C2CCC(C(=O)NCc3ccc(Cl)cc3)CC21. The van der Waals surface area contributed by atoms with E-state index >= 15 is 0 Å². The first-order chi connectivity index (χ1) is 13.1. The first-order valence-corrected chi connectivity index (χ1v) is 10.3. The van der Waals surface area contributed by atoms with Crippen molar-refractivity contribution >= 4 is 23.4 Å². The number of carbonyl (C=O) groups is 2. The maximum Gasteiger partial charge on any atom is 0.241 e. The third kappa shape index (κ3) is 3.58. The Morgan fingerprint density at radius 3 is 2.74 bits per heavy atom. The van der Waals surface area contributed by atoms with E-state index < -0.39 is 0 Å². The lowest BCUT2D eigenvalue weighted by molar-refractivity contribution is -0.155. The van der Waals surface area contributed by atoms with Crippen LogP contribution in [-0.4, -0.2) is 52.9 Å². The largest absolute Gasteiger partial charge is 0.352 e. The zero-order valence-corrected chi connectivity index (χ0v) is 16.4. The van der Waals surface area contributed by atoms with E-state index in [1.807, 2.05) is 36.1 Å². The molecule has 1 aromatic carbocycles. The number of hydrazine groups is 1. The van der Waals surface area contributed by atoms with Crippen molar-refractivity contribution in [2.45, 2.75) is 57.3 Å². The van der Waals surface area contributed by atoms with Gasteiger partial charge in [-0.3, -0.25) is 15.0 Å². The molecule has 4 atom stereocenters. The summed E-state index contributed by atoms with van der Waals surface area (Å²) in [5.41, 5.74) is 4.44. The molecule has 2 heterocycles. The number of nitrogens with one attached hydrogen (secondary N) is 2. The molecular formula is C20H27ClN4O2. The standard InChI is InChI=1S/C20H27ClN4O2/c1-2-24-18-11-14(19(26)22-12-13-3-6-15(21)7-4-13)5-8-16(18)25-17(20(24)27)9-10-23-25/h3-4,6-7,14,16-18,23H,2,5,8-12H2,1H3,(H,22,26). The molecule has 4 unspecified atom stereocenters. The van der Waals surface area contributed by atoms with Crippen LogP contribution < -0.4 is 10.7 Å². The van der Waals surface area contributed by atoms with Gasteiger partial charge in [0.25, 0.3) is 0 Å². The number of halogens is 1. The molecule has 3 aliphatic rings. The maximum absolute atomic E-state index is 12.8. The minimum Gasteiger partial charge on any atom is -0.352 e. The van der Waals surface area contributed by atoms with Gasteiger partial charge in [0, 0.05) is 42.7 Å². The Morgan fingerprint density at radius 1 is 1.22 bits per heavy atom. The Bertz CT molecular complexity index is 710. The molecule has 1 saturated carbocycles. The molecule has 0 bridgehead atoms. The lowest BCUT2D eigenvalue weighted by Crippen LogP contribution is -2.68. The molecule has 0 aromatic heterocycles. The van der Waals surface area contributed by atoms with Crippen molar-refractivity contribution < 1.29 is 9.59 Å². The summed E-state index contributed by atoms with van der Waals surface area (Å²) >= 11 is 5.91. The van der Waals surface area contributed by atoms with Crippen LogP contribution in [0.5, 0.6) is 0 Å². The molecule has 27 heavy (non-hydrogen) atoms. The molecule has 0 radical (unpaired) electrons. The summed E-state index contributed by atoms with van der Waals surface area (Å²) in [5.74, 6) is 0.258. The number of hydrogen-bond donors (Lipinski definition) is 2. The summed E-state index contributed by atoms with van der Waals surface area (Å²) in [4.78, 5) is 27.6. The second-order valence-corrected chi connectivity index (χ2v) is 8.17. The van der Waals surface area contributed by atoms with Crippen molar-refractivity contribution in [3.63, 3.8) is 0 Å². The van der Waals surface area contributed by atoms with Gasteiger partial charge in [-0.25, -0.2) is 5.01 Å². The lowest BCUT2D eigenvalue weighted by Gasteiger charge is -2.51. The summed E-state index contributed by atoms with van der Waals surface area (Å²) in [7, 11) is 0. The Balaban J connectivity index is 1.40. The van der Waals surface area contributed by atoms with Gasteiger partial charge in [0.2, 0.25) is 11.8 Å². The van der Waals surface area contributed by atoms with Crippen molar-refractivity contribution in [2.24, 2.45) is 5.92 Å². The van der Waals surface area contributed by atoms with Crippen LogP contribution >= 0.6 is 11.6 Å². The lowest BCUT2D eigenvalue weighted by atomic mass is 9.78. The number of amides is 2. The van der Waals surface area contributed by atoms with E-state index in [0.29, 0.717) is 24.2 Å². The first-order valence-electron chi connectivity index (χ1n) is 9.93. The number of piperazine rings is 1. The number of hydrogen-bond acceptors (Lipinski definition) is 4. The van der Waals surface area contributed by atoms with Crippen LogP contribution in [0.4, 0.5) is 0 Å². The molecule has 2 amide bonds. The van der Waals surface area contributed by atoms with Crippen molar-refractivity contribution in [2.75, 3.05) is 13.1 Å². The molecular weight excluding hydrogens is 364 g/mol. The van der Waals surface area contributed by atoms with Gasteiger partial charge in [-0.15, -0.1) is 0 Å². The molecule has 4 rings (SSSR count). The van der Waals surface area contributed by atoms with E-state index in [1.165, 1.54) is 0 Å². The highest BCUT2D eigenvalue weighted by Gasteiger charge is 2.50. The fraction of sp³-hybridized carbons (Fsp3) is 0.600. The predicted molar refractivity (Wildman–Crippen MR) is 104 cm³/mol. The zero-order valence-electron chi connectivity index (χ0n) is 15.7. The monoisotopic (exact) mass is 390 g/mol. The van der Waals surface area contributed by atoms with Gasteiger partial charge in [0.1, 0.15) is 6.04 Å². The Kier molecular flexibility index (Phi) is 5.39. The van der Waals surface area contributed by atoms with E-state index in [9.17, 15) is 9.59 Å². The van der Waals surface area contributed by atoms with E-state index in [4.69, 9.17) is 11.6 Å². The second kappa shape index (κ2) is 7.78.